The Morgan fingerprint density at radius 2 is 1.72 bits per heavy atom. The number of carboxylic acid groups (broad SMARTS) is 1. The molecule has 1 saturated heterocycles. The van der Waals surface area contributed by atoms with Crippen LogP contribution in [0.2, 0.25) is 0 Å². The van der Waals surface area contributed by atoms with E-state index in [2.05, 4.69) is 10.3 Å². The number of thioether (sulfide) groups is 1. The van der Waals surface area contributed by atoms with Gasteiger partial charge in [-0.2, -0.15) is 0 Å². The summed E-state index contributed by atoms with van der Waals surface area (Å²) in [6, 6.07) is 18.2. The van der Waals surface area contributed by atoms with Crippen molar-refractivity contribution in [2.45, 2.75) is 6.42 Å². The van der Waals surface area contributed by atoms with E-state index in [9.17, 15) is 19.1 Å². The molecule has 1 aliphatic heterocycles. The van der Waals surface area contributed by atoms with Gasteiger partial charge in [0.25, 0.3) is 5.91 Å². The van der Waals surface area contributed by atoms with Crippen LogP contribution in [0, 0.1) is 5.82 Å². The molecule has 0 aromatic heterocycles. The number of carboxylic acids is 1. The second-order valence-electron chi connectivity index (χ2n) is 7.01. The molecule has 1 heterocycles. The van der Waals surface area contributed by atoms with E-state index < -0.39 is 17.5 Å². The standard InChI is InChI=1S/C24H17FN2O4S/c25-19-13-17(7-10-20(19)28)16-5-1-14(2-6-16)11-21-23(31)27-24(32-21)26-18-8-3-15(4-9-18)12-22(29)30/h1-11,13,28H,12H2,(H,29,30)(H,26,27,31). The maximum absolute atomic E-state index is 13.6. The number of nitrogens with zero attached hydrogens (tertiary/aromatic N) is 1. The van der Waals surface area contributed by atoms with Crippen molar-refractivity contribution < 1.29 is 24.2 Å². The molecule has 6 nitrogen and oxygen atoms in total. The number of aliphatic imine (C=N–C) groups is 1. The van der Waals surface area contributed by atoms with E-state index in [1.807, 2.05) is 24.3 Å². The summed E-state index contributed by atoms with van der Waals surface area (Å²) in [5, 5.41) is 21.3. The second-order valence-corrected chi connectivity index (χ2v) is 8.04. The zero-order chi connectivity index (χ0) is 22.7. The fraction of sp³-hybridized carbons (Fsp3) is 0.0417. The number of rotatable bonds is 5. The van der Waals surface area contributed by atoms with E-state index in [0.717, 1.165) is 11.1 Å². The van der Waals surface area contributed by atoms with Crippen LogP contribution in [0.25, 0.3) is 17.2 Å². The quantitative estimate of drug-likeness (QED) is 0.491. The molecular formula is C24H17FN2O4S. The monoisotopic (exact) mass is 448 g/mol. The zero-order valence-corrected chi connectivity index (χ0v) is 17.4. The van der Waals surface area contributed by atoms with E-state index in [1.165, 1.54) is 23.9 Å². The van der Waals surface area contributed by atoms with Crippen molar-refractivity contribution in [3.8, 4) is 16.9 Å². The number of halogens is 1. The van der Waals surface area contributed by atoms with Crippen molar-refractivity contribution in [1.82, 2.24) is 5.32 Å². The molecule has 0 unspecified atom stereocenters. The van der Waals surface area contributed by atoms with E-state index in [4.69, 9.17) is 5.11 Å². The predicted octanol–water partition coefficient (Wildman–Crippen LogP) is 4.72. The summed E-state index contributed by atoms with van der Waals surface area (Å²) in [6.07, 6.45) is 1.68. The predicted molar refractivity (Wildman–Crippen MR) is 122 cm³/mol. The van der Waals surface area contributed by atoms with Crippen molar-refractivity contribution in [2.24, 2.45) is 4.99 Å². The van der Waals surface area contributed by atoms with Crippen LogP contribution >= 0.6 is 11.8 Å². The number of aromatic hydroxyl groups is 1. The minimum absolute atomic E-state index is 0.0598. The first-order chi connectivity index (χ1) is 15.4. The number of carbonyl (C=O) groups is 2. The summed E-state index contributed by atoms with van der Waals surface area (Å²) in [4.78, 5) is 27.9. The Bertz CT molecular complexity index is 1250. The lowest BCUT2D eigenvalue weighted by molar-refractivity contribution is -0.136. The van der Waals surface area contributed by atoms with E-state index in [-0.39, 0.29) is 12.3 Å². The SMILES string of the molecule is O=C(O)Cc1ccc(N=C2NC(=O)C(=Cc3ccc(-c4ccc(O)c(F)c4)cc3)S2)cc1. The van der Waals surface area contributed by atoms with Gasteiger partial charge in [0.05, 0.1) is 17.0 Å². The molecule has 4 rings (SSSR count). The number of amidine groups is 1. The number of hydrogen-bond donors (Lipinski definition) is 3. The summed E-state index contributed by atoms with van der Waals surface area (Å²) in [5.41, 5.74) is 3.49. The number of phenols is 1. The molecule has 160 valence electrons. The van der Waals surface area contributed by atoms with Crippen LogP contribution in [0.1, 0.15) is 11.1 Å². The summed E-state index contributed by atoms with van der Waals surface area (Å²) in [7, 11) is 0. The molecule has 1 aliphatic rings. The Morgan fingerprint density at radius 1 is 1.03 bits per heavy atom. The van der Waals surface area contributed by atoms with Gasteiger partial charge in [0, 0.05) is 0 Å². The summed E-state index contributed by atoms with van der Waals surface area (Å²) < 4.78 is 13.6. The lowest BCUT2D eigenvalue weighted by Gasteiger charge is -2.04. The highest BCUT2D eigenvalue weighted by molar-refractivity contribution is 8.18. The number of aliphatic carboxylic acids is 1. The van der Waals surface area contributed by atoms with Crippen molar-refractivity contribution in [3.63, 3.8) is 0 Å². The van der Waals surface area contributed by atoms with Crippen molar-refractivity contribution in [3.05, 3.63) is 88.6 Å². The first-order valence-corrected chi connectivity index (χ1v) is 10.4. The normalized spacial score (nSPS) is 15.8. The Kier molecular flexibility index (Phi) is 6.04. The fourth-order valence-electron chi connectivity index (χ4n) is 3.07. The van der Waals surface area contributed by atoms with E-state index in [1.54, 1.807) is 36.4 Å². The maximum atomic E-state index is 13.6. The molecular weight excluding hydrogens is 431 g/mol. The molecule has 0 spiro atoms. The molecule has 8 heteroatoms. The Labute approximate surface area is 187 Å². The van der Waals surface area contributed by atoms with Gasteiger partial charge >= 0.3 is 5.97 Å². The number of amides is 1. The number of phenolic OH excluding ortho intramolecular Hbond substituents is 1. The molecule has 0 radical (unpaired) electrons. The molecule has 0 atom stereocenters. The average molecular weight is 448 g/mol. The van der Waals surface area contributed by atoms with Gasteiger partial charge in [-0.1, -0.05) is 42.5 Å². The zero-order valence-electron chi connectivity index (χ0n) is 16.6. The third kappa shape index (κ3) is 5.04. The van der Waals surface area contributed by atoms with Crippen molar-refractivity contribution >= 4 is 40.6 Å². The third-order valence-electron chi connectivity index (χ3n) is 4.66. The largest absolute Gasteiger partial charge is 0.505 e. The maximum Gasteiger partial charge on any atom is 0.307 e. The van der Waals surface area contributed by atoms with Gasteiger partial charge in [0.2, 0.25) is 0 Å². The first-order valence-electron chi connectivity index (χ1n) is 9.57. The smallest absolute Gasteiger partial charge is 0.307 e. The Balaban J connectivity index is 1.47. The van der Waals surface area contributed by atoms with Crippen LogP contribution in [0.15, 0.2) is 76.6 Å². The van der Waals surface area contributed by atoms with Crippen LogP contribution in [-0.4, -0.2) is 27.3 Å². The fourth-order valence-corrected chi connectivity index (χ4v) is 3.91. The molecule has 32 heavy (non-hydrogen) atoms. The van der Waals surface area contributed by atoms with Gasteiger partial charge in [-0.3, -0.25) is 9.59 Å². The van der Waals surface area contributed by atoms with Gasteiger partial charge in [0.1, 0.15) is 0 Å². The number of nitrogens with one attached hydrogen (secondary N) is 1. The molecule has 3 aromatic rings. The van der Waals surface area contributed by atoms with Crippen LogP contribution in [-0.2, 0) is 16.0 Å². The topological polar surface area (TPSA) is 99.0 Å². The summed E-state index contributed by atoms with van der Waals surface area (Å²) >= 11 is 1.21. The average Bonchev–Trinajstić information content (AvgIpc) is 3.10. The first kappa shape index (κ1) is 21.3. The number of benzene rings is 3. The van der Waals surface area contributed by atoms with Crippen molar-refractivity contribution in [1.29, 1.82) is 0 Å². The van der Waals surface area contributed by atoms with Crippen molar-refractivity contribution in [2.75, 3.05) is 0 Å². The lowest BCUT2D eigenvalue weighted by Crippen LogP contribution is -2.19. The Hall–Kier alpha value is -3.91. The molecule has 0 bridgehead atoms. The van der Waals surface area contributed by atoms with Gasteiger partial charge in [-0.15, -0.1) is 0 Å². The second kappa shape index (κ2) is 9.07. The minimum atomic E-state index is -0.902. The summed E-state index contributed by atoms with van der Waals surface area (Å²) in [5.74, 6) is -2.24. The van der Waals surface area contributed by atoms with E-state index >= 15 is 0 Å². The third-order valence-corrected chi connectivity index (χ3v) is 5.57. The van der Waals surface area contributed by atoms with Crippen LogP contribution in [0.5, 0.6) is 5.75 Å². The van der Waals surface area contributed by atoms with E-state index in [0.29, 0.717) is 26.9 Å². The van der Waals surface area contributed by atoms with Gasteiger partial charge in [-0.05, 0) is 64.4 Å². The minimum Gasteiger partial charge on any atom is -0.505 e. The highest BCUT2D eigenvalue weighted by Crippen LogP contribution is 2.29. The van der Waals surface area contributed by atoms with Gasteiger partial charge < -0.3 is 15.5 Å². The number of carbonyl (C=O) groups excluding carboxylic acids is 1. The molecule has 1 fully saturated rings. The van der Waals surface area contributed by atoms with Crippen LogP contribution < -0.4 is 5.32 Å². The molecule has 3 N–H and O–H groups in total. The molecule has 3 aromatic carbocycles. The highest BCUT2D eigenvalue weighted by Gasteiger charge is 2.23. The highest BCUT2D eigenvalue weighted by atomic mass is 32.2. The lowest BCUT2D eigenvalue weighted by atomic mass is 10.0. The molecule has 0 saturated carbocycles. The van der Waals surface area contributed by atoms with Crippen LogP contribution in [0.4, 0.5) is 10.1 Å². The number of hydrogen-bond acceptors (Lipinski definition) is 5. The summed E-state index contributed by atoms with van der Waals surface area (Å²) in [6.45, 7) is 0. The molecule has 0 aliphatic carbocycles. The van der Waals surface area contributed by atoms with Crippen LogP contribution in [0.3, 0.4) is 0 Å². The molecule has 1 amide bonds. The Morgan fingerprint density at radius 3 is 2.38 bits per heavy atom. The van der Waals surface area contributed by atoms with Gasteiger partial charge in [0.15, 0.2) is 16.7 Å². The van der Waals surface area contributed by atoms with Gasteiger partial charge in [-0.25, -0.2) is 9.38 Å².